The molecule has 3 nitrogen and oxygen atoms in total. The van der Waals surface area contributed by atoms with Gasteiger partial charge < -0.3 is 4.74 Å². The van der Waals surface area contributed by atoms with E-state index in [2.05, 4.69) is 36.9 Å². The van der Waals surface area contributed by atoms with Crippen molar-refractivity contribution in [2.45, 2.75) is 58.4 Å². The molecule has 2 aliphatic heterocycles. The molecule has 1 unspecified atom stereocenters. The third kappa shape index (κ3) is 5.76. The van der Waals surface area contributed by atoms with Crippen LogP contribution >= 0.6 is 0 Å². The van der Waals surface area contributed by atoms with Gasteiger partial charge in [0.05, 0.1) is 5.69 Å². The zero-order valence-corrected chi connectivity index (χ0v) is 13.7. The van der Waals surface area contributed by atoms with Crippen molar-refractivity contribution in [1.82, 2.24) is 9.88 Å². The van der Waals surface area contributed by atoms with Crippen molar-refractivity contribution in [2.24, 2.45) is 0 Å². The first-order valence-electron chi connectivity index (χ1n) is 8.55. The third-order valence-electron chi connectivity index (χ3n) is 4.36. The average molecular weight is 290 g/mol. The lowest BCUT2D eigenvalue weighted by Crippen LogP contribution is -2.19. The first-order chi connectivity index (χ1) is 10.3. The summed E-state index contributed by atoms with van der Waals surface area (Å²) in [7, 11) is 0. The lowest BCUT2D eigenvalue weighted by atomic mass is 10.0. The van der Waals surface area contributed by atoms with Crippen molar-refractivity contribution in [3.8, 4) is 0 Å². The first-order valence-corrected chi connectivity index (χ1v) is 8.55. The number of nitrogens with zero attached hydrogens (tertiary/aromatic N) is 2. The molecular formula is C18H30N2O. The maximum atomic E-state index is 4.94. The van der Waals surface area contributed by atoms with Gasteiger partial charge >= 0.3 is 0 Å². The second-order valence-corrected chi connectivity index (χ2v) is 6.17. The summed E-state index contributed by atoms with van der Waals surface area (Å²) in [6.07, 6.45) is 6.43. The number of likely N-dealkylation sites (tertiary alicyclic amines) is 1. The molecule has 2 saturated heterocycles. The standard InChI is InChI=1S/C14H22N2.C4H8O/c1-3-12(2)14-8-6-7-13(15-14)11-16-9-4-5-10-16;1-2-4-5-3-1/h6-8,12H,3-5,9-11H2,1-2H3;1-4H2. The Balaban J connectivity index is 0.000000272. The number of ether oxygens (including phenoxy) is 1. The van der Waals surface area contributed by atoms with Gasteiger partial charge in [0.1, 0.15) is 0 Å². The van der Waals surface area contributed by atoms with Crippen LogP contribution in [0.25, 0.3) is 0 Å². The van der Waals surface area contributed by atoms with Gasteiger partial charge in [-0.05, 0) is 63.2 Å². The van der Waals surface area contributed by atoms with Gasteiger partial charge in [-0.3, -0.25) is 9.88 Å². The van der Waals surface area contributed by atoms with Crippen LogP contribution in [0.15, 0.2) is 18.2 Å². The SMILES string of the molecule is C1CCOC1.CCC(C)c1cccc(CN2CCCC2)n1. The molecule has 0 N–H and O–H groups in total. The Morgan fingerprint density at radius 2 is 1.86 bits per heavy atom. The molecule has 1 atom stereocenters. The second kappa shape index (κ2) is 9.16. The minimum atomic E-state index is 0.582. The van der Waals surface area contributed by atoms with E-state index < -0.39 is 0 Å². The Morgan fingerprint density at radius 3 is 2.43 bits per heavy atom. The molecule has 0 saturated carbocycles. The normalized spacial score (nSPS) is 20.1. The molecule has 3 heteroatoms. The van der Waals surface area contributed by atoms with Crippen LogP contribution in [0.1, 0.15) is 63.3 Å². The first kappa shape index (κ1) is 16.4. The fourth-order valence-electron chi connectivity index (χ4n) is 2.75. The second-order valence-electron chi connectivity index (χ2n) is 6.17. The van der Waals surface area contributed by atoms with E-state index in [0.29, 0.717) is 5.92 Å². The molecule has 1 aromatic heterocycles. The van der Waals surface area contributed by atoms with Gasteiger partial charge in [-0.1, -0.05) is 19.9 Å². The van der Waals surface area contributed by atoms with Gasteiger partial charge in [-0.2, -0.15) is 0 Å². The highest BCUT2D eigenvalue weighted by Crippen LogP contribution is 2.17. The van der Waals surface area contributed by atoms with Crippen LogP contribution in [0.3, 0.4) is 0 Å². The summed E-state index contributed by atoms with van der Waals surface area (Å²) in [4.78, 5) is 7.27. The van der Waals surface area contributed by atoms with Crippen LogP contribution in [0.2, 0.25) is 0 Å². The lowest BCUT2D eigenvalue weighted by molar-refractivity contribution is 0.198. The van der Waals surface area contributed by atoms with Crippen molar-refractivity contribution in [3.05, 3.63) is 29.6 Å². The van der Waals surface area contributed by atoms with Gasteiger partial charge in [0, 0.05) is 25.5 Å². The van der Waals surface area contributed by atoms with Crippen LogP contribution < -0.4 is 0 Å². The Morgan fingerprint density at radius 1 is 1.14 bits per heavy atom. The molecule has 3 heterocycles. The number of hydrogen-bond acceptors (Lipinski definition) is 3. The number of hydrogen-bond donors (Lipinski definition) is 0. The van der Waals surface area contributed by atoms with Crippen LogP contribution in [-0.4, -0.2) is 36.2 Å². The Labute approximate surface area is 129 Å². The van der Waals surface area contributed by atoms with E-state index in [-0.39, 0.29) is 0 Å². The topological polar surface area (TPSA) is 25.4 Å². The molecule has 0 amide bonds. The van der Waals surface area contributed by atoms with Crippen LogP contribution in [-0.2, 0) is 11.3 Å². The summed E-state index contributed by atoms with van der Waals surface area (Å²) in [5, 5.41) is 0. The maximum absolute atomic E-state index is 4.94. The minimum Gasteiger partial charge on any atom is -0.381 e. The van der Waals surface area contributed by atoms with E-state index in [1.54, 1.807) is 0 Å². The molecule has 2 fully saturated rings. The molecule has 0 bridgehead atoms. The highest BCUT2D eigenvalue weighted by molar-refractivity contribution is 5.14. The summed E-state index contributed by atoms with van der Waals surface area (Å²) in [6.45, 7) is 10.00. The molecule has 0 spiro atoms. The van der Waals surface area contributed by atoms with Gasteiger partial charge in [0.15, 0.2) is 0 Å². The summed E-state index contributed by atoms with van der Waals surface area (Å²) in [5.74, 6) is 0.582. The molecule has 0 radical (unpaired) electrons. The largest absolute Gasteiger partial charge is 0.381 e. The highest BCUT2D eigenvalue weighted by Gasteiger charge is 2.13. The van der Waals surface area contributed by atoms with E-state index >= 15 is 0 Å². The van der Waals surface area contributed by atoms with Crippen LogP contribution in [0, 0.1) is 0 Å². The monoisotopic (exact) mass is 290 g/mol. The average Bonchev–Trinajstić information content (AvgIpc) is 3.22. The fourth-order valence-corrected chi connectivity index (χ4v) is 2.75. The summed E-state index contributed by atoms with van der Waals surface area (Å²) < 4.78 is 4.94. The van der Waals surface area contributed by atoms with Gasteiger partial charge in [0.2, 0.25) is 0 Å². The van der Waals surface area contributed by atoms with E-state index in [4.69, 9.17) is 9.72 Å². The zero-order chi connectivity index (χ0) is 14.9. The Bertz CT molecular complexity index is 390. The Hall–Kier alpha value is -0.930. The summed E-state index contributed by atoms with van der Waals surface area (Å²) >= 11 is 0. The maximum Gasteiger partial charge on any atom is 0.0547 e. The van der Waals surface area contributed by atoms with Crippen molar-refractivity contribution in [3.63, 3.8) is 0 Å². The fraction of sp³-hybridized carbons (Fsp3) is 0.722. The predicted octanol–water partition coefficient (Wildman–Crippen LogP) is 3.99. The van der Waals surface area contributed by atoms with Gasteiger partial charge in [-0.25, -0.2) is 0 Å². The summed E-state index contributed by atoms with van der Waals surface area (Å²) in [5.41, 5.74) is 2.49. The zero-order valence-electron chi connectivity index (χ0n) is 13.7. The molecule has 118 valence electrons. The smallest absolute Gasteiger partial charge is 0.0547 e. The molecule has 1 aromatic rings. The van der Waals surface area contributed by atoms with Crippen LogP contribution in [0.4, 0.5) is 0 Å². The van der Waals surface area contributed by atoms with E-state index in [1.807, 2.05) is 0 Å². The van der Waals surface area contributed by atoms with Crippen LogP contribution in [0.5, 0.6) is 0 Å². The Kier molecular flexibility index (Phi) is 7.17. The molecule has 21 heavy (non-hydrogen) atoms. The molecular weight excluding hydrogens is 260 g/mol. The molecule has 3 rings (SSSR count). The predicted molar refractivity (Wildman–Crippen MR) is 87.5 cm³/mol. The van der Waals surface area contributed by atoms with E-state index in [1.165, 1.54) is 56.6 Å². The third-order valence-corrected chi connectivity index (χ3v) is 4.36. The lowest BCUT2D eigenvalue weighted by Gasteiger charge is -2.15. The van der Waals surface area contributed by atoms with Gasteiger partial charge in [0.25, 0.3) is 0 Å². The number of rotatable bonds is 4. The number of pyridine rings is 1. The van der Waals surface area contributed by atoms with Crippen molar-refractivity contribution in [2.75, 3.05) is 26.3 Å². The molecule has 0 aliphatic carbocycles. The van der Waals surface area contributed by atoms with Crippen molar-refractivity contribution in [1.29, 1.82) is 0 Å². The van der Waals surface area contributed by atoms with Gasteiger partial charge in [-0.15, -0.1) is 0 Å². The van der Waals surface area contributed by atoms with E-state index in [0.717, 1.165) is 19.8 Å². The minimum absolute atomic E-state index is 0.582. The molecule has 2 aliphatic rings. The van der Waals surface area contributed by atoms with E-state index in [9.17, 15) is 0 Å². The highest BCUT2D eigenvalue weighted by atomic mass is 16.5. The van der Waals surface area contributed by atoms with Crippen molar-refractivity contribution < 1.29 is 4.74 Å². The van der Waals surface area contributed by atoms with Crippen molar-refractivity contribution >= 4 is 0 Å². The quantitative estimate of drug-likeness (QED) is 0.838. The molecule has 0 aromatic carbocycles. The summed E-state index contributed by atoms with van der Waals surface area (Å²) in [6, 6.07) is 6.46. The number of aromatic nitrogens is 1.